The average molecular weight is 502 g/mol. The molecule has 1 aliphatic heterocycles. The van der Waals surface area contributed by atoms with Crippen LogP contribution in [0.3, 0.4) is 0 Å². The van der Waals surface area contributed by atoms with Gasteiger partial charge >= 0.3 is 6.03 Å². The molecule has 6 nitrogen and oxygen atoms in total. The van der Waals surface area contributed by atoms with Gasteiger partial charge in [-0.05, 0) is 47.5 Å². The summed E-state index contributed by atoms with van der Waals surface area (Å²) in [4.78, 5) is 38.5. The number of urea groups is 1. The van der Waals surface area contributed by atoms with Gasteiger partial charge in [-0.1, -0.05) is 71.2 Å². The standard InChI is InChI=1S/C24H15Cl3N2O4/c25-18-8-7-16(12-19(18)26)29-23(31)17(22(30)28-24(29)32)10-15-6-9-21(20(27)11-15)33-13-14-4-2-1-3-5-14/h1-12H,13H2,(H,28,30,32)/b17-10+. The SMILES string of the molecule is O=C1NC(=O)N(c2ccc(Cl)c(Cl)c2)C(=O)/C1=C/c1ccc(OCc2ccccc2)c(Cl)c1. The van der Waals surface area contributed by atoms with E-state index in [4.69, 9.17) is 39.5 Å². The fourth-order valence-electron chi connectivity index (χ4n) is 3.14. The lowest BCUT2D eigenvalue weighted by molar-refractivity contribution is -0.122. The van der Waals surface area contributed by atoms with Gasteiger partial charge in [-0.3, -0.25) is 14.9 Å². The third-order valence-corrected chi connectivity index (χ3v) is 5.80. The lowest BCUT2D eigenvalue weighted by Gasteiger charge is -2.26. The van der Waals surface area contributed by atoms with Crippen LogP contribution < -0.4 is 15.0 Å². The van der Waals surface area contributed by atoms with Crippen LogP contribution in [0.4, 0.5) is 10.5 Å². The van der Waals surface area contributed by atoms with Gasteiger partial charge in [0.1, 0.15) is 17.9 Å². The van der Waals surface area contributed by atoms with Crippen LogP contribution in [0, 0.1) is 0 Å². The van der Waals surface area contributed by atoms with Crippen LogP contribution in [0.5, 0.6) is 5.75 Å². The fourth-order valence-corrected chi connectivity index (χ4v) is 3.68. The van der Waals surface area contributed by atoms with Crippen LogP contribution in [-0.2, 0) is 16.2 Å². The summed E-state index contributed by atoms with van der Waals surface area (Å²) in [7, 11) is 0. The normalized spacial score (nSPS) is 15.1. The summed E-state index contributed by atoms with van der Waals surface area (Å²) in [5.74, 6) is -1.17. The van der Waals surface area contributed by atoms with Gasteiger partial charge in [0.25, 0.3) is 11.8 Å². The van der Waals surface area contributed by atoms with Crippen LogP contribution in [0.25, 0.3) is 6.08 Å². The third kappa shape index (κ3) is 5.03. The molecule has 3 aromatic rings. The number of hydrogen-bond donors (Lipinski definition) is 1. The predicted molar refractivity (Wildman–Crippen MR) is 128 cm³/mol. The number of barbiturate groups is 1. The molecule has 33 heavy (non-hydrogen) atoms. The molecule has 0 atom stereocenters. The van der Waals surface area contributed by atoms with Crippen molar-refractivity contribution in [3.05, 3.63) is 98.5 Å². The van der Waals surface area contributed by atoms with Gasteiger partial charge in [0, 0.05) is 0 Å². The first-order valence-corrected chi connectivity index (χ1v) is 10.8. The van der Waals surface area contributed by atoms with Crippen molar-refractivity contribution < 1.29 is 19.1 Å². The molecule has 166 valence electrons. The number of nitrogens with one attached hydrogen (secondary N) is 1. The number of anilines is 1. The summed E-state index contributed by atoms with van der Waals surface area (Å²) >= 11 is 18.3. The van der Waals surface area contributed by atoms with Crippen molar-refractivity contribution in [1.82, 2.24) is 5.32 Å². The molecule has 0 aliphatic carbocycles. The molecule has 1 saturated heterocycles. The number of halogens is 3. The maximum Gasteiger partial charge on any atom is 0.335 e. The van der Waals surface area contributed by atoms with Crippen LogP contribution in [0.1, 0.15) is 11.1 Å². The Morgan fingerprint density at radius 1 is 0.848 bits per heavy atom. The number of ether oxygens (including phenoxy) is 1. The number of amides is 4. The minimum atomic E-state index is -0.886. The maximum absolute atomic E-state index is 13.0. The summed E-state index contributed by atoms with van der Waals surface area (Å²) in [6, 6.07) is 17.8. The average Bonchev–Trinajstić information content (AvgIpc) is 2.79. The minimum Gasteiger partial charge on any atom is -0.487 e. The van der Waals surface area contributed by atoms with E-state index in [0.717, 1.165) is 10.5 Å². The quantitative estimate of drug-likeness (QED) is 0.349. The van der Waals surface area contributed by atoms with E-state index in [0.29, 0.717) is 22.9 Å². The molecule has 0 saturated carbocycles. The highest BCUT2D eigenvalue weighted by Crippen LogP contribution is 2.31. The van der Waals surface area contributed by atoms with Gasteiger partial charge in [0.2, 0.25) is 0 Å². The summed E-state index contributed by atoms with van der Waals surface area (Å²) in [5, 5.41) is 2.89. The van der Waals surface area contributed by atoms with Gasteiger partial charge in [-0.2, -0.15) is 0 Å². The van der Waals surface area contributed by atoms with E-state index in [1.165, 1.54) is 24.3 Å². The Hall–Kier alpha value is -3.32. The van der Waals surface area contributed by atoms with Crippen LogP contribution >= 0.6 is 34.8 Å². The van der Waals surface area contributed by atoms with Gasteiger partial charge in [0.15, 0.2) is 0 Å². The van der Waals surface area contributed by atoms with Gasteiger partial charge in [0.05, 0.1) is 20.8 Å². The second-order valence-electron chi connectivity index (χ2n) is 7.02. The molecular formula is C24H15Cl3N2O4. The molecule has 4 amide bonds. The minimum absolute atomic E-state index is 0.162. The molecule has 0 bridgehead atoms. The van der Waals surface area contributed by atoms with Crippen molar-refractivity contribution in [1.29, 1.82) is 0 Å². The second-order valence-corrected chi connectivity index (χ2v) is 8.24. The largest absolute Gasteiger partial charge is 0.487 e. The lowest BCUT2D eigenvalue weighted by Crippen LogP contribution is -2.54. The van der Waals surface area contributed by atoms with E-state index < -0.39 is 17.8 Å². The highest BCUT2D eigenvalue weighted by molar-refractivity contribution is 6.43. The topological polar surface area (TPSA) is 75.7 Å². The number of carbonyl (C=O) groups is 3. The van der Waals surface area contributed by atoms with E-state index >= 15 is 0 Å². The maximum atomic E-state index is 13.0. The molecule has 0 aromatic heterocycles. The molecule has 1 aliphatic rings. The zero-order valence-electron chi connectivity index (χ0n) is 16.8. The van der Waals surface area contributed by atoms with Gasteiger partial charge in [-0.25, -0.2) is 9.69 Å². The van der Waals surface area contributed by atoms with Crippen LogP contribution in [-0.4, -0.2) is 17.8 Å². The number of imide groups is 2. The Balaban J connectivity index is 1.58. The van der Waals surface area contributed by atoms with E-state index in [9.17, 15) is 14.4 Å². The Morgan fingerprint density at radius 2 is 1.61 bits per heavy atom. The molecule has 1 fully saturated rings. The van der Waals surface area contributed by atoms with Crippen molar-refractivity contribution in [2.75, 3.05) is 4.90 Å². The molecule has 9 heteroatoms. The number of hydrogen-bond acceptors (Lipinski definition) is 4. The van der Waals surface area contributed by atoms with Gasteiger partial charge in [-0.15, -0.1) is 0 Å². The fraction of sp³-hybridized carbons (Fsp3) is 0.0417. The molecule has 4 rings (SSSR count). The number of rotatable bonds is 5. The van der Waals surface area contributed by atoms with Crippen molar-refractivity contribution in [2.24, 2.45) is 0 Å². The van der Waals surface area contributed by atoms with Crippen molar-refractivity contribution in [3.8, 4) is 5.75 Å². The summed E-state index contributed by atoms with van der Waals surface area (Å²) in [6.45, 7) is 0.336. The van der Waals surface area contributed by atoms with Crippen LogP contribution in [0.2, 0.25) is 15.1 Å². The first-order valence-electron chi connectivity index (χ1n) is 9.66. The Bertz CT molecular complexity index is 1290. The summed E-state index contributed by atoms with van der Waals surface area (Å²) in [6.07, 6.45) is 1.35. The first kappa shape index (κ1) is 22.9. The zero-order valence-corrected chi connectivity index (χ0v) is 19.1. The Labute approximate surface area is 204 Å². The summed E-state index contributed by atoms with van der Waals surface area (Å²) < 4.78 is 5.74. The van der Waals surface area contributed by atoms with Crippen molar-refractivity contribution in [3.63, 3.8) is 0 Å². The third-order valence-electron chi connectivity index (χ3n) is 4.77. The summed E-state index contributed by atoms with van der Waals surface area (Å²) in [5.41, 5.74) is 1.40. The molecule has 1 heterocycles. The van der Waals surface area contributed by atoms with E-state index in [2.05, 4.69) is 5.32 Å². The zero-order chi connectivity index (χ0) is 23.5. The highest BCUT2D eigenvalue weighted by Gasteiger charge is 2.37. The first-order chi connectivity index (χ1) is 15.8. The van der Waals surface area contributed by atoms with Crippen LogP contribution in [0.15, 0.2) is 72.3 Å². The number of carbonyl (C=O) groups excluding carboxylic acids is 3. The lowest BCUT2D eigenvalue weighted by atomic mass is 10.1. The second kappa shape index (κ2) is 9.67. The molecule has 0 spiro atoms. The van der Waals surface area contributed by atoms with E-state index in [-0.39, 0.29) is 21.3 Å². The predicted octanol–water partition coefficient (Wildman–Crippen LogP) is 5.89. The molecule has 0 radical (unpaired) electrons. The van der Waals surface area contributed by atoms with E-state index in [1.807, 2.05) is 30.3 Å². The van der Waals surface area contributed by atoms with E-state index in [1.54, 1.807) is 18.2 Å². The van der Waals surface area contributed by atoms with Crippen molar-refractivity contribution in [2.45, 2.75) is 6.61 Å². The molecule has 3 aromatic carbocycles. The Kier molecular flexibility index (Phi) is 6.70. The molecule has 1 N–H and O–H groups in total. The van der Waals surface area contributed by atoms with Gasteiger partial charge < -0.3 is 4.74 Å². The monoisotopic (exact) mass is 500 g/mol. The molecular weight excluding hydrogens is 487 g/mol. The Morgan fingerprint density at radius 3 is 2.30 bits per heavy atom. The smallest absolute Gasteiger partial charge is 0.335 e. The molecule has 0 unspecified atom stereocenters. The number of nitrogens with zero attached hydrogens (tertiary/aromatic N) is 1. The number of benzene rings is 3. The highest BCUT2D eigenvalue weighted by atomic mass is 35.5. The van der Waals surface area contributed by atoms with Crippen molar-refractivity contribution >= 4 is 64.4 Å².